The predicted molar refractivity (Wildman–Crippen MR) is 50.1 cm³/mol. The van der Waals surface area contributed by atoms with Crippen LogP contribution in [0.5, 0.6) is 0 Å². The fourth-order valence-electron chi connectivity index (χ4n) is 0.582. The third kappa shape index (κ3) is 7.57. The van der Waals surface area contributed by atoms with Gasteiger partial charge in [-0.15, -0.1) is 0 Å². The minimum absolute atomic E-state index is 0.630. The number of rotatable bonds is 2. The number of aliphatic hydroxyl groups is 1. The molecule has 1 aromatic heterocycles. The van der Waals surface area contributed by atoms with E-state index >= 15 is 0 Å². The molecule has 0 aliphatic rings. The van der Waals surface area contributed by atoms with Crippen molar-refractivity contribution in [1.82, 2.24) is 9.97 Å². The molecule has 0 spiro atoms. The first-order valence-electron chi connectivity index (χ1n) is 3.95. The number of halogens is 1. The maximum atomic E-state index is 8.32. The summed E-state index contributed by atoms with van der Waals surface area (Å²) in [6.45, 7) is 3.89. The second-order valence-corrected chi connectivity index (χ2v) is 2.90. The van der Waals surface area contributed by atoms with Gasteiger partial charge in [-0.25, -0.2) is 4.98 Å². The average molecular weight is 191 g/mol. The molecule has 1 aromatic rings. The van der Waals surface area contributed by atoms with Crippen LogP contribution in [0, 0.1) is 6.92 Å². The topological polar surface area (TPSA) is 48.9 Å². The maximum absolute atomic E-state index is 8.32. The smallest absolute Gasteiger partial charge is 0.128 e. The van der Waals surface area contributed by atoms with Crippen molar-refractivity contribution in [1.29, 1.82) is 0 Å². The number of aromatic amines is 1. The highest BCUT2D eigenvalue weighted by molar-refractivity contribution is 6.19. The van der Waals surface area contributed by atoms with E-state index in [4.69, 9.17) is 16.7 Å². The van der Waals surface area contributed by atoms with Gasteiger partial charge in [0.15, 0.2) is 0 Å². The number of hydrogen-bond donors (Lipinski definition) is 2. The number of nitrogens with one attached hydrogen (secondary N) is 1. The van der Waals surface area contributed by atoms with Crippen LogP contribution in [0.1, 0.15) is 25.6 Å². The zero-order valence-corrected chi connectivity index (χ0v) is 8.17. The number of H-pyrrole nitrogens is 1. The zero-order chi connectivity index (χ0) is 9.40. The van der Waals surface area contributed by atoms with Crippen LogP contribution in [-0.2, 0) is 0 Å². The fraction of sp³-hybridized carbons (Fsp3) is 0.625. The quantitative estimate of drug-likeness (QED) is 0.702. The summed E-state index contributed by atoms with van der Waals surface area (Å²) in [5.41, 5.74) is -0.630. The van der Waals surface area contributed by atoms with Gasteiger partial charge in [0.05, 0.1) is 0 Å². The maximum Gasteiger partial charge on any atom is 0.128 e. The number of aromatic nitrogens is 2. The molecule has 0 aromatic carbocycles. The van der Waals surface area contributed by atoms with Crippen molar-refractivity contribution in [3.05, 3.63) is 18.2 Å². The van der Waals surface area contributed by atoms with Crippen LogP contribution in [0.15, 0.2) is 12.4 Å². The summed E-state index contributed by atoms with van der Waals surface area (Å²) in [6.07, 6.45) is 5.18. The van der Waals surface area contributed by atoms with E-state index in [1.807, 2.05) is 13.8 Å². The summed E-state index contributed by atoms with van der Waals surface area (Å²) in [7, 11) is 0. The van der Waals surface area contributed by atoms with Gasteiger partial charge >= 0.3 is 0 Å². The number of nitrogens with zero attached hydrogens (tertiary/aromatic N) is 1. The molecule has 0 saturated carbocycles. The molecule has 0 aliphatic carbocycles. The van der Waals surface area contributed by atoms with Crippen LogP contribution in [-0.4, -0.2) is 20.6 Å². The third-order valence-electron chi connectivity index (χ3n) is 1.16. The van der Waals surface area contributed by atoms with Crippen molar-refractivity contribution in [2.75, 3.05) is 0 Å². The minimum Gasteiger partial charge on any atom is -0.378 e. The average Bonchev–Trinajstić information content (AvgIpc) is 2.40. The Morgan fingerprint density at radius 2 is 2.42 bits per heavy atom. The van der Waals surface area contributed by atoms with Crippen molar-refractivity contribution >= 4 is 11.6 Å². The van der Waals surface area contributed by atoms with E-state index in [0.29, 0.717) is 6.42 Å². The molecule has 12 heavy (non-hydrogen) atoms. The highest BCUT2D eigenvalue weighted by atomic mass is 35.5. The van der Waals surface area contributed by atoms with Gasteiger partial charge in [-0.3, -0.25) is 0 Å². The summed E-state index contributed by atoms with van der Waals surface area (Å²) < 4.78 is 0. The van der Waals surface area contributed by atoms with E-state index in [0.717, 1.165) is 12.2 Å². The molecule has 0 fully saturated rings. The Morgan fingerprint density at radius 1 is 1.75 bits per heavy atom. The molecule has 0 radical (unpaired) electrons. The van der Waals surface area contributed by atoms with Gasteiger partial charge in [-0.05, 0) is 13.3 Å². The van der Waals surface area contributed by atoms with Gasteiger partial charge in [0.25, 0.3) is 0 Å². The Hall–Kier alpha value is -0.540. The normalized spacial score (nSPS) is 11.7. The van der Waals surface area contributed by atoms with Crippen LogP contribution < -0.4 is 0 Å². The summed E-state index contributed by atoms with van der Waals surface area (Å²) in [5.74, 6) is 0.968. The Kier molecular flexibility index (Phi) is 6.81. The highest BCUT2D eigenvalue weighted by Crippen LogP contribution is 1.97. The van der Waals surface area contributed by atoms with E-state index in [2.05, 4.69) is 9.97 Å². The van der Waals surface area contributed by atoms with E-state index in [1.54, 1.807) is 12.4 Å². The first kappa shape index (κ1) is 11.5. The molecule has 70 valence electrons. The first-order chi connectivity index (χ1) is 5.66. The molecule has 0 aliphatic heterocycles. The second-order valence-electron chi connectivity index (χ2n) is 2.40. The Bertz CT molecular complexity index is 175. The third-order valence-corrected chi connectivity index (χ3v) is 1.38. The van der Waals surface area contributed by atoms with Crippen LogP contribution in [0.3, 0.4) is 0 Å². The van der Waals surface area contributed by atoms with Crippen molar-refractivity contribution in [3.63, 3.8) is 0 Å². The molecule has 1 unspecified atom stereocenters. The Labute approximate surface area is 77.8 Å². The molecule has 1 atom stereocenters. The second kappa shape index (κ2) is 7.13. The van der Waals surface area contributed by atoms with Crippen molar-refractivity contribution in [2.24, 2.45) is 0 Å². The lowest BCUT2D eigenvalue weighted by Gasteiger charge is -1.92. The highest BCUT2D eigenvalue weighted by Gasteiger charge is 1.90. The molecule has 4 heteroatoms. The molecule has 1 rings (SSSR count). The van der Waals surface area contributed by atoms with Gasteiger partial charge < -0.3 is 10.1 Å². The van der Waals surface area contributed by atoms with Gasteiger partial charge in [-0.1, -0.05) is 24.9 Å². The number of aliphatic hydroxyl groups excluding tert-OH is 1. The lowest BCUT2D eigenvalue weighted by atomic mass is 10.4. The summed E-state index contributed by atoms with van der Waals surface area (Å²) in [5, 5.41) is 8.32. The van der Waals surface area contributed by atoms with Crippen LogP contribution in [0.25, 0.3) is 0 Å². The van der Waals surface area contributed by atoms with E-state index in [9.17, 15) is 0 Å². The molecule has 1 heterocycles. The van der Waals surface area contributed by atoms with Crippen molar-refractivity contribution in [3.8, 4) is 0 Å². The van der Waals surface area contributed by atoms with Gasteiger partial charge in [0.1, 0.15) is 11.4 Å². The Balaban J connectivity index is 0.000000202. The lowest BCUT2D eigenvalue weighted by Crippen LogP contribution is -1.91. The van der Waals surface area contributed by atoms with E-state index < -0.39 is 5.56 Å². The first-order valence-corrected chi connectivity index (χ1v) is 4.38. The molecular formula is C8H15ClN2O. The van der Waals surface area contributed by atoms with Gasteiger partial charge in [-0.2, -0.15) is 0 Å². The standard InChI is InChI=1S/C4H9ClO.C4H6N2/c1-2-3-4(5)6;1-4-5-2-3-6-4/h4,6H,2-3H2,1H3;2-3H,1H3,(H,5,6). The SMILES string of the molecule is CCCC(O)Cl.Cc1ncc[nH]1. The van der Waals surface area contributed by atoms with Crippen LogP contribution in [0.4, 0.5) is 0 Å². The van der Waals surface area contributed by atoms with E-state index in [-0.39, 0.29) is 0 Å². The molecule has 0 saturated heterocycles. The molecule has 0 amide bonds. The number of imidazole rings is 1. The minimum atomic E-state index is -0.630. The molecular weight excluding hydrogens is 176 g/mol. The van der Waals surface area contributed by atoms with Gasteiger partial charge in [0, 0.05) is 12.4 Å². The van der Waals surface area contributed by atoms with Gasteiger partial charge in [0.2, 0.25) is 0 Å². The van der Waals surface area contributed by atoms with Crippen molar-refractivity contribution in [2.45, 2.75) is 32.3 Å². The summed E-state index contributed by atoms with van der Waals surface area (Å²) >= 11 is 5.13. The number of hydrogen-bond acceptors (Lipinski definition) is 2. The van der Waals surface area contributed by atoms with Crippen molar-refractivity contribution < 1.29 is 5.11 Å². The molecule has 2 N–H and O–H groups in total. The van der Waals surface area contributed by atoms with Crippen LogP contribution in [0.2, 0.25) is 0 Å². The summed E-state index contributed by atoms with van der Waals surface area (Å²) in [6, 6.07) is 0. The number of aryl methyl sites for hydroxylation is 1. The zero-order valence-electron chi connectivity index (χ0n) is 7.42. The molecule has 0 bridgehead atoms. The molecule has 3 nitrogen and oxygen atoms in total. The summed E-state index contributed by atoms with van der Waals surface area (Å²) in [4.78, 5) is 6.75. The lowest BCUT2D eigenvalue weighted by molar-refractivity contribution is 0.244. The fourth-order valence-corrected chi connectivity index (χ4v) is 0.801. The Morgan fingerprint density at radius 3 is 2.50 bits per heavy atom. The number of alkyl halides is 1. The predicted octanol–water partition coefficient (Wildman–Crippen LogP) is 2.06. The monoisotopic (exact) mass is 190 g/mol. The largest absolute Gasteiger partial charge is 0.378 e. The van der Waals surface area contributed by atoms with Crippen LogP contribution >= 0.6 is 11.6 Å². The van der Waals surface area contributed by atoms with E-state index in [1.165, 1.54) is 0 Å².